The van der Waals surface area contributed by atoms with Crippen LogP contribution in [0.1, 0.15) is 18.1 Å². The quantitative estimate of drug-likeness (QED) is 0.790. The Labute approximate surface area is 147 Å². The number of hydrazine groups is 1. The van der Waals surface area contributed by atoms with Crippen molar-refractivity contribution < 1.29 is 19.1 Å². The molecule has 1 unspecified atom stereocenters. The number of hydrogen-bond donors (Lipinski definition) is 2. The van der Waals surface area contributed by atoms with Crippen LogP contribution in [0.4, 0.5) is 0 Å². The number of benzene rings is 2. The zero-order valence-electron chi connectivity index (χ0n) is 14.5. The molecule has 2 aromatic carbocycles. The van der Waals surface area contributed by atoms with Crippen LogP contribution in [-0.4, -0.2) is 24.5 Å². The standard InChI is InChI=1S/C19H22N2O4/c1-13-8-7-11-17(14(13)2)24-12-18(22)20-21-19(23)15(3)25-16-9-5-4-6-10-16/h4-11,15H,12H2,1-3H3,(H,20,22)(H,21,23). The molecule has 0 aliphatic rings. The number of carbonyl (C=O) groups excluding carboxylic acids is 2. The van der Waals surface area contributed by atoms with E-state index in [0.717, 1.165) is 11.1 Å². The summed E-state index contributed by atoms with van der Waals surface area (Å²) >= 11 is 0. The van der Waals surface area contributed by atoms with E-state index in [1.54, 1.807) is 25.1 Å². The van der Waals surface area contributed by atoms with Gasteiger partial charge in [-0.3, -0.25) is 20.4 Å². The monoisotopic (exact) mass is 342 g/mol. The van der Waals surface area contributed by atoms with Crippen LogP contribution in [0.3, 0.4) is 0 Å². The zero-order valence-corrected chi connectivity index (χ0v) is 14.5. The molecule has 6 heteroatoms. The topological polar surface area (TPSA) is 76.7 Å². The summed E-state index contributed by atoms with van der Waals surface area (Å²) < 4.78 is 10.9. The van der Waals surface area contributed by atoms with E-state index in [1.807, 2.05) is 44.2 Å². The molecule has 25 heavy (non-hydrogen) atoms. The van der Waals surface area contributed by atoms with Gasteiger partial charge in [0.15, 0.2) is 12.7 Å². The highest BCUT2D eigenvalue weighted by Gasteiger charge is 2.15. The molecule has 2 N–H and O–H groups in total. The second-order valence-corrected chi connectivity index (χ2v) is 5.60. The minimum absolute atomic E-state index is 0.196. The molecule has 6 nitrogen and oxygen atoms in total. The molecule has 2 amide bonds. The summed E-state index contributed by atoms with van der Waals surface area (Å²) in [6.45, 7) is 5.29. The molecule has 132 valence electrons. The summed E-state index contributed by atoms with van der Waals surface area (Å²) in [5.41, 5.74) is 6.69. The molecule has 0 bridgehead atoms. The van der Waals surface area contributed by atoms with Gasteiger partial charge in [0.25, 0.3) is 11.8 Å². The van der Waals surface area contributed by atoms with Crippen LogP contribution in [-0.2, 0) is 9.59 Å². The third-order valence-corrected chi connectivity index (χ3v) is 3.66. The molecule has 0 spiro atoms. The van der Waals surface area contributed by atoms with E-state index in [-0.39, 0.29) is 6.61 Å². The first-order chi connectivity index (χ1) is 12.0. The van der Waals surface area contributed by atoms with Crippen LogP contribution in [0.15, 0.2) is 48.5 Å². The second kappa shape index (κ2) is 8.73. The van der Waals surface area contributed by atoms with Crippen LogP contribution >= 0.6 is 0 Å². The van der Waals surface area contributed by atoms with Crippen LogP contribution < -0.4 is 20.3 Å². The first kappa shape index (κ1) is 18.3. The van der Waals surface area contributed by atoms with E-state index in [9.17, 15) is 9.59 Å². The van der Waals surface area contributed by atoms with E-state index in [4.69, 9.17) is 9.47 Å². The van der Waals surface area contributed by atoms with Gasteiger partial charge in [0.05, 0.1) is 0 Å². The fourth-order valence-electron chi connectivity index (χ4n) is 2.05. The summed E-state index contributed by atoms with van der Waals surface area (Å²) in [6.07, 6.45) is -0.748. The summed E-state index contributed by atoms with van der Waals surface area (Å²) in [7, 11) is 0. The largest absolute Gasteiger partial charge is 0.483 e. The Morgan fingerprint density at radius 2 is 1.72 bits per heavy atom. The summed E-state index contributed by atoms with van der Waals surface area (Å²) in [4.78, 5) is 23.7. The molecular formula is C19H22N2O4. The highest BCUT2D eigenvalue weighted by Crippen LogP contribution is 2.20. The third kappa shape index (κ3) is 5.53. The van der Waals surface area contributed by atoms with Crippen molar-refractivity contribution in [2.45, 2.75) is 26.9 Å². The average molecular weight is 342 g/mol. The van der Waals surface area contributed by atoms with E-state index >= 15 is 0 Å². The van der Waals surface area contributed by atoms with Gasteiger partial charge in [0.2, 0.25) is 0 Å². The van der Waals surface area contributed by atoms with Crippen LogP contribution in [0.2, 0.25) is 0 Å². The Balaban J connectivity index is 1.75. The van der Waals surface area contributed by atoms with Gasteiger partial charge in [-0.25, -0.2) is 0 Å². The van der Waals surface area contributed by atoms with Crippen molar-refractivity contribution >= 4 is 11.8 Å². The molecule has 0 saturated heterocycles. The Hall–Kier alpha value is -3.02. The fraction of sp³-hybridized carbons (Fsp3) is 0.263. The third-order valence-electron chi connectivity index (χ3n) is 3.66. The van der Waals surface area contributed by atoms with Crippen molar-refractivity contribution in [2.24, 2.45) is 0 Å². The van der Waals surface area contributed by atoms with Gasteiger partial charge in [-0.05, 0) is 50.1 Å². The number of hydrogen-bond acceptors (Lipinski definition) is 4. The van der Waals surface area contributed by atoms with Crippen molar-refractivity contribution in [3.8, 4) is 11.5 Å². The maximum absolute atomic E-state index is 11.9. The Morgan fingerprint density at radius 1 is 1.00 bits per heavy atom. The van der Waals surface area contributed by atoms with Crippen molar-refractivity contribution in [1.82, 2.24) is 10.9 Å². The predicted molar refractivity (Wildman–Crippen MR) is 94.2 cm³/mol. The number of para-hydroxylation sites is 1. The van der Waals surface area contributed by atoms with Crippen molar-refractivity contribution in [3.05, 3.63) is 59.7 Å². The first-order valence-corrected chi connectivity index (χ1v) is 7.97. The van der Waals surface area contributed by atoms with E-state index < -0.39 is 17.9 Å². The lowest BCUT2D eigenvalue weighted by molar-refractivity contribution is -0.133. The van der Waals surface area contributed by atoms with Crippen molar-refractivity contribution in [1.29, 1.82) is 0 Å². The van der Waals surface area contributed by atoms with Gasteiger partial charge < -0.3 is 9.47 Å². The number of aryl methyl sites for hydroxylation is 1. The minimum atomic E-state index is -0.748. The maximum Gasteiger partial charge on any atom is 0.279 e. The molecule has 2 aromatic rings. The van der Waals surface area contributed by atoms with Gasteiger partial charge >= 0.3 is 0 Å². The number of carbonyl (C=O) groups is 2. The Bertz CT molecular complexity index is 731. The normalized spacial score (nSPS) is 11.3. The van der Waals surface area contributed by atoms with E-state index in [2.05, 4.69) is 10.9 Å². The van der Waals surface area contributed by atoms with Gasteiger partial charge in [-0.15, -0.1) is 0 Å². The Kier molecular flexibility index (Phi) is 6.39. The lowest BCUT2D eigenvalue weighted by Gasteiger charge is -2.15. The highest BCUT2D eigenvalue weighted by atomic mass is 16.5. The summed E-state index contributed by atoms with van der Waals surface area (Å²) in [6, 6.07) is 14.6. The second-order valence-electron chi connectivity index (χ2n) is 5.60. The summed E-state index contributed by atoms with van der Waals surface area (Å²) in [5.74, 6) is 0.307. The fourth-order valence-corrected chi connectivity index (χ4v) is 2.05. The SMILES string of the molecule is Cc1cccc(OCC(=O)NNC(=O)C(C)Oc2ccccc2)c1C. The number of rotatable bonds is 6. The van der Waals surface area contributed by atoms with Crippen molar-refractivity contribution in [3.63, 3.8) is 0 Å². The lowest BCUT2D eigenvalue weighted by Crippen LogP contribution is -2.48. The number of ether oxygens (including phenoxy) is 2. The lowest BCUT2D eigenvalue weighted by atomic mass is 10.1. The molecule has 0 aromatic heterocycles. The van der Waals surface area contributed by atoms with E-state index in [1.165, 1.54) is 0 Å². The molecule has 1 atom stereocenters. The number of amides is 2. The highest BCUT2D eigenvalue weighted by molar-refractivity contribution is 5.85. The zero-order chi connectivity index (χ0) is 18.2. The van der Waals surface area contributed by atoms with Gasteiger partial charge in [0, 0.05) is 0 Å². The van der Waals surface area contributed by atoms with Gasteiger partial charge in [-0.1, -0.05) is 30.3 Å². The molecule has 0 aliphatic carbocycles. The minimum Gasteiger partial charge on any atom is -0.483 e. The molecule has 2 rings (SSSR count). The maximum atomic E-state index is 11.9. The van der Waals surface area contributed by atoms with Crippen LogP contribution in [0, 0.1) is 13.8 Å². The molecule has 0 aliphatic heterocycles. The Morgan fingerprint density at radius 3 is 2.44 bits per heavy atom. The first-order valence-electron chi connectivity index (χ1n) is 7.97. The van der Waals surface area contributed by atoms with Crippen LogP contribution in [0.25, 0.3) is 0 Å². The molecule has 0 saturated carbocycles. The molecular weight excluding hydrogens is 320 g/mol. The molecule has 0 radical (unpaired) electrons. The van der Waals surface area contributed by atoms with Crippen molar-refractivity contribution in [2.75, 3.05) is 6.61 Å². The number of nitrogens with one attached hydrogen (secondary N) is 2. The molecule has 0 fully saturated rings. The van der Waals surface area contributed by atoms with E-state index in [0.29, 0.717) is 11.5 Å². The summed E-state index contributed by atoms with van der Waals surface area (Å²) in [5, 5.41) is 0. The average Bonchev–Trinajstić information content (AvgIpc) is 2.61. The predicted octanol–water partition coefficient (Wildman–Crippen LogP) is 2.30. The smallest absolute Gasteiger partial charge is 0.279 e. The van der Waals surface area contributed by atoms with Gasteiger partial charge in [-0.2, -0.15) is 0 Å². The van der Waals surface area contributed by atoms with Crippen LogP contribution in [0.5, 0.6) is 11.5 Å². The molecule has 0 heterocycles. The van der Waals surface area contributed by atoms with Gasteiger partial charge in [0.1, 0.15) is 11.5 Å².